The molecule has 4 rings (SSSR count). The predicted molar refractivity (Wildman–Crippen MR) is 128 cm³/mol. The number of aromatic nitrogens is 1. The lowest BCUT2D eigenvalue weighted by atomic mass is 9.90. The highest BCUT2D eigenvalue weighted by Gasteiger charge is 2.25. The lowest BCUT2D eigenvalue weighted by Gasteiger charge is -2.32. The van der Waals surface area contributed by atoms with Crippen LogP contribution in [0.2, 0.25) is 0 Å². The molecule has 1 aromatic heterocycles. The maximum atomic E-state index is 12.9. The molecule has 3 heterocycles. The largest absolute Gasteiger partial charge is 0.367 e. The molecule has 1 unspecified atom stereocenters. The molecule has 6 nitrogen and oxygen atoms in total. The Morgan fingerprint density at radius 3 is 2.58 bits per heavy atom. The minimum atomic E-state index is -0.00149. The second-order valence-corrected chi connectivity index (χ2v) is 9.33. The molecular weight excluding hydrogens is 414 g/mol. The first-order chi connectivity index (χ1) is 16.2. The zero-order valence-corrected chi connectivity index (χ0v) is 19.5. The van der Waals surface area contributed by atoms with Gasteiger partial charge in [-0.25, -0.2) is 0 Å². The van der Waals surface area contributed by atoms with Crippen LogP contribution in [0.15, 0.2) is 48.8 Å². The third-order valence-corrected chi connectivity index (χ3v) is 6.75. The Balaban J connectivity index is 1.20. The summed E-state index contributed by atoms with van der Waals surface area (Å²) in [6, 6.07) is 11.9. The van der Waals surface area contributed by atoms with Gasteiger partial charge in [-0.05, 0) is 68.3 Å². The maximum Gasteiger partial charge on any atom is 0.248 e. The van der Waals surface area contributed by atoms with Gasteiger partial charge in [0.1, 0.15) is 6.61 Å². The van der Waals surface area contributed by atoms with Gasteiger partial charge in [-0.15, -0.1) is 0 Å². The van der Waals surface area contributed by atoms with Gasteiger partial charge in [0.15, 0.2) is 5.78 Å². The Morgan fingerprint density at radius 2 is 1.82 bits per heavy atom. The monoisotopic (exact) mass is 449 g/mol. The molecule has 0 bridgehead atoms. The number of piperidine rings is 1. The predicted octanol–water partition coefficient (Wildman–Crippen LogP) is 3.75. The molecular formula is C27H35N3O3. The van der Waals surface area contributed by atoms with E-state index in [4.69, 9.17) is 4.74 Å². The number of hydrogen-bond donors (Lipinski definition) is 0. The second-order valence-electron chi connectivity index (χ2n) is 9.33. The molecule has 1 aromatic carbocycles. The lowest BCUT2D eigenvalue weighted by Crippen LogP contribution is -2.42. The van der Waals surface area contributed by atoms with Crippen LogP contribution in [0.3, 0.4) is 0 Å². The first-order valence-electron chi connectivity index (χ1n) is 12.3. The molecule has 1 atom stereocenters. The van der Waals surface area contributed by atoms with E-state index >= 15 is 0 Å². The van der Waals surface area contributed by atoms with Crippen molar-refractivity contribution >= 4 is 11.7 Å². The average Bonchev–Trinajstić information content (AvgIpc) is 3.38. The summed E-state index contributed by atoms with van der Waals surface area (Å²) in [5, 5.41) is 0. The van der Waals surface area contributed by atoms with Crippen molar-refractivity contribution in [2.75, 3.05) is 39.3 Å². The van der Waals surface area contributed by atoms with Crippen LogP contribution in [0.1, 0.15) is 53.6 Å². The lowest BCUT2D eigenvalue weighted by molar-refractivity contribution is -0.138. The first kappa shape index (κ1) is 23.6. The number of carbonyl (C=O) groups is 2. The fourth-order valence-corrected chi connectivity index (χ4v) is 4.82. The SMILES string of the molecule is O=C(CC1CCCN(C(=O)COCc2cccnc2)C1)c1ccc(CCN2CCCC2)cc1. The molecule has 2 aliphatic rings. The van der Waals surface area contributed by atoms with Crippen molar-refractivity contribution in [2.24, 2.45) is 5.92 Å². The summed E-state index contributed by atoms with van der Waals surface area (Å²) in [7, 11) is 0. The van der Waals surface area contributed by atoms with E-state index in [1.165, 1.54) is 31.5 Å². The van der Waals surface area contributed by atoms with Crippen molar-refractivity contribution in [2.45, 2.75) is 45.1 Å². The number of nitrogens with zero attached hydrogens (tertiary/aromatic N) is 3. The van der Waals surface area contributed by atoms with Crippen molar-refractivity contribution in [3.63, 3.8) is 0 Å². The van der Waals surface area contributed by atoms with Gasteiger partial charge >= 0.3 is 0 Å². The van der Waals surface area contributed by atoms with Crippen LogP contribution in [0.5, 0.6) is 0 Å². The van der Waals surface area contributed by atoms with Crippen LogP contribution in [-0.2, 0) is 22.6 Å². The van der Waals surface area contributed by atoms with Crippen molar-refractivity contribution in [3.05, 3.63) is 65.5 Å². The molecule has 0 aliphatic carbocycles. The Hall–Kier alpha value is -2.57. The van der Waals surface area contributed by atoms with Crippen LogP contribution < -0.4 is 0 Å². The van der Waals surface area contributed by atoms with Gasteiger partial charge in [0, 0.05) is 44.0 Å². The Kier molecular flexibility index (Phi) is 8.61. The minimum Gasteiger partial charge on any atom is -0.367 e. The number of ketones is 1. The van der Waals surface area contributed by atoms with Crippen LogP contribution in [0.4, 0.5) is 0 Å². The molecule has 0 N–H and O–H groups in total. The van der Waals surface area contributed by atoms with Crippen molar-refractivity contribution in [3.8, 4) is 0 Å². The minimum absolute atomic E-state index is 0.00149. The van der Waals surface area contributed by atoms with Gasteiger partial charge in [0.25, 0.3) is 0 Å². The zero-order valence-electron chi connectivity index (χ0n) is 19.5. The number of likely N-dealkylation sites (tertiary alicyclic amines) is 2. The number of carbonyl (C=O) groups excluding carboxylic acids is 2. The van der Waals surface area contributed by atoms with E-state index in [0.29, 0.717) is 19.6 Å². The highest BCUT2D eigenvalue weighted by atomic mass is 16.5. The van der Waals surface area contributed by atoms with E-state index in [9.17, 15) is 9.59 Å². The summed E-state index contributed by atoms with van der Waals surface area (Å²) >= 11 is 0. The van der Waals surface area contributed by atoms with E-state index in [0.717, 1.165) is 43.5 Å². The summed E-state index contributed by atoms with van der Waals surface area (Å²) in [6.45, 7) is 5.35. The van der Waals surface area contributed by atoms with Gasteiger partial charge in [-0.1, -0.05) is 30.3 Å². The van der Waals surface area contributed by atoms with E-state index in [-0.39, 0.29) is 24.2 Å². The summed E-state index contributed by atoms with van der Waals surface area (Å²) in [5.74, 6) is 0.384. The molecule has 33 heavy (non-hydrogen) atoms. The smallest absolute Gasteiger partial charge is 0.248 e. The standard InChI is InChI=1S/C27H35N3O3/c31-26(25-9-7-22(8-10-25)11-16-29-13-1-2-14-29)17-23-6-4-15-30(19-23)27(32)21-33-20-24-5-3-12-28-18-24/h3,5,7-10,12,18,23H,1-2,4,6,11,13-17,19-21H2. The van der Waals surface area contributed by atoms with E-state index in [1.807, 2.05) is 29.2 Å². The molecule has 176 valence electrons. The highest BCUT2D eigenvalue weighted by molar-refractivity contribution is 5.96. The summed E-state index contributed by atoms with van der Waals surface area (Å²) in [4.78, 5) is 33.9. The third-order valence-electron chi connectivity index (χ3n) is 6.75. The number of hydrogen-bond acceptors (Lipinski definition) is 5. The average molecular weight is 450 g/mol. The Bertz CT molecular complexity index is 895. The number of amides is 1. The van der Waals surface area contributed by atoms with Crippen LogP contribution >= 0.6 is 0 Å². The molecule has 0 saturated carbocycles. The molecule has 0 radical (unpaired) electrons. The van der Waals surface area contributed by atoms with Gasteiger partial charge in [-0.2, -0.15) is 0 Å². The fourth-order valence-electron chi connectivity index (χ4n) is 4.82. The second kappa shape index (κ2) is 12.1. The van der Waals surface area contributed by atoms with E-state index in [2.05, 4.69) is 22.0 Å². The number of Topliss-reactive ketones (excluding diaryl/α,β-unsaturated/α-hetero) is 1. The quantitative estimate of drug-likeness (QED) is 0.517. The summed E-state index contributed by atoms with van der Waals surface area (Å²) in [5.41, 5.74) is 3.02. The van der Waals surface area contributed by atoms with E-state index < -0.39 is 0 Å². The van der Waals surface area contributed by atoms with Gasteiger partial charge in [0.05, 0.1) is 6.61 Å². The number of ether oxygens (including phenoxy) is 1. The number of benzene rings is 1. The first-order valence-corrected chi connectivity index (χ1v) is 12.3. The van der Waals surface area contributed by atoms with Gasteiger partial charge in [0.2, 0.25) is 5.91 Å². The number of pyridine rings is 1. The van der Waals surface area contributed by atoms with Gasteiger partial charge in [-0.3, -0.25) is 14.6 Å². The molecule has 0 spiro atoms. The summed E-state index contributed by atoms with van der Waals surface area (Å²) in [6.07, 6.45) is 9.54. The van der Waals surface area contributed by atoms with Crippen molar-refractivity contribution < 1.29 is 14.3 Å². The molecule has 1 amide bonds. The van der Waals surface area contributed by atoms with Crippen LogP contribution in [0.25, 0.3) is 0 Å². The fraction of sp³-hybridized carbons (Fsp3) is 0.519. The highest BCUT2D eigenvalue weighted by Crippen LogP contribution is 2.22. The molecule has 2 fully saturated rings. The number of rotatable bonds is 10. The van der Waals surface area contributed by atoms with Crippen molar-refractivity contribution in [1.82, 2.24) is 14.8 Å². The molecule has 2 saturated heterocycles. The zero-order chi connectivity index (χ0) is 22.9. The normalized spacial score (nSPS) is 19.0. The molecule has 6 heteroatoms. The third kappa shape index (κ3) is 7.21. The van der Waals surface area contributed by atoms with Crippen molar-refractivity contribution in [1.29, 1.82) is 0 Å². The topological polar surface area (TPSA) is 62.7 Å². The maximum absolute atomic E-state index is 12.9. The molecule has 2 aromatic rings. The Labute approximate surface area is 196 Å². The van der Waals surface area contributed by atoms with Crippen LogP contribution in [-0.4, -0.2) is 65.8 Å². The van der Waals surface area contributed by atoms with Gasteiger partial charge < -0.3 is 14.5 Å². The van der Waals surface area contributed by atoms with E-state index in [1.54, 1.807) is 12.4 Å². The summed E-state index contributed by atoms with van der Waals surface area (Å²) < 4.78 is 5.58. The molecule has 2 aliphatic heterocycles. The van der Waals surface area contributed by atoms with Crippen LogP contribution in [0, 0.1) is 5.92 Å². The Morgan fingerprint density at radius 1 is 1.00 bits per heavy atom.